The number of Topliss-reactive ketones (excluding diaryl/α,β-unsaturated/α-hetero) is 2. The van der Waals surface area contributed by atoms with Crippen molar-refractivity contribution in [3.63, 3.8) is 0 Å². The molecule has 9 nitrogen and oxygen atoms in total. The van der Waals surface area contributed by atoms with Gasteiger partial charge in [0.15, 0.2) is 11.4 Å². The molecule has 4 unspecified atom stereocenters. The minimum Gasteiger partial charge on any atom is -0.508 e. The molecule has 4 atom stereocenters. The van der Waals surface area contributed by atoms with Crippen LogP contribution >= 0.6 is 0 Å². The van der Waals surface area contributed by atoms with Crippen molar-refractivity contribution in [2.75, 3.05) is 14.1 Å². The number of hydrogen-bond donors (Lipinski definition) is 5. The Hall–Kier alpha value is -3.17. The van der Waals surface area contributed by atoms with Gasteiger partial charge in [0.1, 0.15) is 22.8 Å². The Labute approximate surface area is 190 Å². The molecule has 1 saturated carbocycles. The smallest absolute Gasteiger partial charge is 0.255 e. The topological polar surface area (TPSA) is 161 Å². The first kappa shape index (κ1) is 23.0. The first-order valence-electron chi connectivity index (χ1n) is 10.9. The molecular formula is C24H28N2O7. The molecular weight excluding hydrogens is 428 g/mol. The largest absolute Gasteiger partial charge is 0.508 e. The molecule has 3 aliphatic rings. The second-order valence-corrected chi connectivity index (χ2v) is 9.31. The summed E-state index contributed by atoms with van der Waals surface area (Å²) in [5, 5.41) is 43.9. The zero-order chi connectivity index (χ0) is 24.4. The van der Waals surface area contributed by atoms with Crippen molar-refractivity contribution in [2.45, 2.75) is 44.2 Å². The minimum absolute atomic E-state index is 0.0903. The van der Waals surface area contributed by atoms with Crippen molar-refractivity contribution in [1.29, 1.82) is 0 Å². The van der Waals surface area contributed by atoms with E-state index in [1.54, 1.807) is 20.2 Å². The van der Waals surface area contributed by atoms with Crippen LogP contribution in [0.4, 0.5) is 0 Å². The number of carbonyl (C=O) groups excluding carboxylic acids is 3. The lowest BCUT2D eigenvalue weighted by Gasteiger charge is -2.50. The average molecular weight is 456 g/mol. The zero-order valence-electron chi connectivity index (χ0n) is 18.8. The molecule has 0 heterocycles. The van der Waals surface area contributed by atoms with Gasteiger partial charge in [-0.05, 0) is 56.5 Å². The lowest BCUT2D eigenvalue weighted by molar-refractivity contribution is -0.153. The molecule has 3 aliphatic carbocycles. The van der Waals surface area contributed by atoms with Crippen LogP contribution in [0.15, 0.2) is 29.0 Å². The molecule has 0 aliphatic heterocycles. The number of ketones is 2. The quantitative estimate of drug-likeness (QED) is 0.418. The number of benzene rings is 1. The highest BCUT2D eigenvalue weighted by Gasteiger charge is 2.64. The summed E-state index contributed by atoms with van der Waals surface area (Å²) >= 11 is 0. The fraction of sp³-hybridized carbons (Fsp3) is 0.458. The summed E-state index contributed by atoms with van der Waals surface area (Å²) in [5.74, 6) is -6.36. The number of primary amides is 1. The Morgan fingerprint density at radius 3 is 2.45 bits per heavy atom. The van der Waals surface area contributed by atoms with Gasteiger partial charge < -0.3 is 26.2 Å². The molecule has 0 aromatic heterocycles. The van der Waals surface area contributed by atoms with Crippen LogP contribution in [0.3, 0.4) is 0 Å². The molecule has 0 bridgehead atoms. The summed E-state index contributed by atoms with van der Waals surface area (Å²) in [4.78, 5) is 40.2. The van der Waals surface area contributed by atoms with E-state index in [0.29, 0.717) is 12.8 Å². The van der Waals surface area contributed by atoms with E-state index in [2.05, 4.69) is 0 Å². The van der Waals surface area contributed by atoms with Gasteiger partial charge in [-0.15, -0.1) is 0 Å². The van der Waals surface area contributed by atoms with Crippen molar-refractivity contribution < 1.29 is 34.8 Å². The third-order valence-electron chi connectivity index (χ3n) is 7.22. The van der Waals surface area contributed by atoms with Crippen LogP contribution in [0.5, 0.6) is 5.75 Å². The predicted molar refractivity (Wildman–Crippen MR) is 118 cm³/mol. The van der Waals surface area contributed by atoms with Gasteiger partial charge in [-0.3, -0.25) is 19.3 Å². The van der Waals surface area contributed by atoms with Crippen LogP contribution < -0.4 is 5.73 Å². The van der Waals surface area contributed by atoms with Crippen LogP contribution in [0.25, 0.3) is 5.76 Å². The van der Waals surface area contributed by atoms with E-state index < -0.39 is 58.0 Å². The first-order valence-corrected chi connectivity index (χ1v) is 10.9. The lowest BCUT2D eigenvalue weighted by atomic mass is 9.57. The number of rotatable bonds is 4. The highest BCUT2D eigenvalue weighted by molar-refractivity contribution is 6.24. The van der Waals surface area contributed by atoms with Crippen LogP contribution in [-0.4, -0.2) is 68.5 Å². The SMILES string of the molecule is CCCc1ccc(O)c2c1CC1CC3C(N(C)C)C(=O)C(C(N)=O)=C(O)C3(O)C(=O)C1=C2O. The summed E-state index contributed by atoms with van der Waals surface area (Å²) in [6, 6.07) is 2.16. The van der Waals surface area contributed by atoms with E-state index in [4.69, 9.17) is 5.73 Å². The van der Waals surface area contributed by atoms with Crippen molar-refractivity contribution in [3.05, 3.63) is 45.7 Å². The molecule has 4 rings (SSSR count). The van der Waals surface area contributed by atoms with E-state index in [-0.39, 0.29) is 23.3 Å². The van der Waals surface area contributed by atoms with Crippen LogP contribution in [-0.2, 0) is 27.2 Å². The molecule has 1 aromatic carbocycles. The molecule has 6 N–H and O–H groups in total. The molecule has 1 aromatic rings. The number of amides is 1. The van der Waals surface area contributed by atoms with E-state index in [9.17, 15) is 34.8 Å². The summed E-state index contributed by atoms with van der Waals surface area (Å²) in [7, 11) is 3.15. The molecule has 0 spiro atoms. The second-order valence-electron chi connectivity index (χ2n) is 9.31. The summed E-state index contributed by atoms with van der Waals surface area (Å²) < 4.78 is 0. The summed E-state index contributed by atoms with van der Waals surface area (Å²) in [6.07, 6.45) is 1.96. The number of carbonyl (C=O) groups is 3. The van der Waals surface area contributed by atoms with Gasteiger partial charge >= 0.3 is 0 Å². The number of aliphatic hydroxyl groups excluding tert-OH is 2. The number of nitrogens with two attached hydrogens (primary N) is 1. The Morgan fingerprint density at radius 2 is 1.88 bits per heavy atom. The van der Waals surface area contributed by atoms with Crippen molar-refractivity contribution in [1.82, 2.24) is 4.90 Å². The number of fused-ring (bicyclic) bond motifs is 3. The Kier molecular flexibility index (Phi) is 5.37. The van der Waals surface area contributed by atoms with Gasteiger partial charge in [0.25, 0.3) is 5.91 Å². The number of nitrogens with zero attached hydrogens (tertiary/aromatic N) is 1. The van der Waals surface area contributed by atoms with E-state index in [0.717, 1.165) is 17.5 Å². The Bertz CT molecular complexity index is 1150. The number of aliphatic hydroxyl groups is 3. The fourth-order valence-electron chi connectivity index (χ4n) is 5.81. The highest BCUT2D eigenvalue weighted by atomic mass is 16.3. The molecule has 176 valence electrons. The standard InChI is InChI=1S/C24H28N2O7/c1-4-5-10-6-7-14(27)16-12(10)8-11-9-13-18(26(2)3)20(29)17(23(25)32)22(31)24(13,33)21(30)15(11)19(16)28/h6-7,11,13,18,27-28,31,33H,4-5,8-9H2,1-3H3,(H2,25,32). The van der Waals surface area contributed by atoms with Gasteiger partial charge in [-0.25, -0.2) is 0 Å². The van der Waals surface area contributed by atoms with E-state index in [1.807, 2.05) is 6.92 Å². The Balaban J connectivity index is 1.97. The molecule has 1 fully saturated rings. The monoisotopic (exact) mass is 456 g/mol. The van der Waals surface area contributed by atoms with Gasteiger partial charge in [0, 0.05) is 11.5 Å². The number of phenolic OH excluding ortho intramolecular Hbond substituents is 1. The second kappa shape index (κ2) is 7.71. The Morgan fingerprint density at radius 1 is 1.21 bits per heavy atom. The maximum absolute atomic E-state index is 13.7. The highest BCUT2D eigenvalue weighted by Crippen LogP contribution is 2.52. The molecule has 33 heavy (non-hydrogen) atoms. The number of hydrogen-bond acceptors (Lipinski definition) is 8. The molecule has 0 saturated heterocycles. The fourth-order valence-corrected chi connectivity index (χ4v) is 5.81. The minimum atomic E-state index is -2.61. The average Bonchev–Trinajstić information content (AvgIpc) is 2.72. The first-order chi connectivity index (χ1) is 15.5. The third kappa shape index (κ3) is 3.02. The van der Waals surface area contributed by atoms with Crippen LogP contribution in [0.1, 0.15) is 36.5 Å². The normalized spacial score (nSPS) is 29.2. The zero-order valence-corrected chi connectivity index (χ0v) is 18.8. The number of aromatic hydroxyl groups is 1. The van der Waals surface area contributed by atoms with Gasteiger partial charge in [-0.1, -0.05) is 19.4 Å². The van der Waals surface area contributed by atoms with Crippen molar-refractivity contribution in [3.8, 4) is 5.75 Å². The number of likely N-dealkylation sites (N-methyl/N-ethyl adjacent to an activating group) is 1. The van der Waals surface area contributed by atoms with Gasteiger partial charge in [-0.2, -0.15) is 0 Å². The van der Waals surface area contributed by atoms with E-state index in [1.165, 1.54) is 11.0 Å². The van der Waals surface area contributed by atoms with Crippen LogP contribution in [0, 0.1) is 11.8 Å². The molecule has 1 amide bonds. The van der Waals surface area contributed by atoms with E-state index >= 15 is 0 Å². The predicted octanol–water partition coefficient (Wildman–Crippen LogP) is 0.916. The van der Waals surface area contributed by atoms with Crippen molar-refractivity contribution in [2.24, 2.45) is 17.6 Å². The molecule has 9 heteroatoms. The lowest BCUT2D eigenvalue weighted by Crippen LogP contribution is -2.65. The van der Waals surface area contributed by atoms with Crippen LogP contribution in [0.2, 0.25) is 0 Å². The summed E-state index contributed by atoms with van der Waals surface area (Å²) in [6.45, 7) is 2.01. The van der Waals surface area contributed by atoms with Gasteiger partial charge in [0.05, 0.1) is 11.6 Å². The maximum Gasteiger partial charge on any atom is 0.255 e. The molecule has 0 radical (unpaired) electrons. The summed E-state index contributed by atoms with van der Waals surface area (Å²) in [5.41, 5.74) is 3.55. The number of phenols is 1. The number of aryl methyl sites for hydroxylation is 1. The third-order valence-corrected chi connectivity index (χ3v) is 7.22. The van der Waals surface area contributed by atoms with Crippen molar-refractivity contribution >= 4 is 23.2 Å². The van der Waals surface area contributed by atoms with Gasteiger partial charge in [0.2, 0.25) is 5.78 Å². The maximum atomic E-state index is 13.7.